The van der Waals surface area contributed by atoms with Gasteiger partial charge in [-0.25, -0.2) is 0 Å². The third-order valence-electron chi connectivity index (χ3n) is 3.62. The minimum absolute atomic E-state index is 0.0720. The maximum Gasteiger partial charge on any atom is 0.314 e. The van der Waals surface area contributed by atoms with E-state index in [0.29, 0.717) is 17.7 Å². The van der Waals surface area contributed by atoms with Gasteiger partial charge in [-0.1, -0.05) is 30.0 Å². The maximum atomic E-state index is 10.5. The van der Waals surface area contributed by atoms with Gasteiger partial charge in [0.25, 0.3) is 5.22 Å². The number of hydrogen-bond acceptors (Lipinski definition) is 7. The van der Waals surface area contributed by atoms with Crippen LogP contribution < -0.4 is 4.90 Å². The number of aliphatic carboxylic acids is 1. The molecule has 1 aromatic heterocycles. The summed E-state index contributed by atoms with van der Waals surface area (Å²) in [6, 6.07) is 10.4. The molecule has 0 amide bonds. The number of nitrogens with zero attached hydrogens (tertiary/aromatic N) is 4. The van der Waals surface area contributed by atoms with Crippen molar-refractivity contribution >= 4 is 23.4 Å². The number of rotatable bonds is 6. The molecular weight excluding hydrogens is 316 g/mol. The Kier molecular flexibility index (Phi) is 5.14. The molecule has 0 atom stereocenters. The van der Waals surface area contributed by atoms with Gasteiger partial charge in [-0.3, -0.25) is 9.69 Å². The van der Waals surface area contributed by atoms with Crippen molar-refractivity contribution in [3.63, 3.8) is 0 Å². The van der Waals surface area contributed by atoms with Gasteiger partial charge < -0.3 is 14.4 Å². The number of carbonyl (C=O) groups is 1. The van der Waals surface area contributed by atoms with Gasteiger partial charge in [0.2, 0.25) is 5.89 Å². The van der Waals surface area contributed by atoms with E-state index < -0.39 is 5.97 Å². The molecule has 1 saturated heterocycles. The number of benzene rings is 1. The van der Waals surface area contributed by atoms with Crippen molar-refractivity contribution in [2.24, 2.45) is 0 Å². The fourth-order valence-corrected chi connectivity index (χ4v) is 2.98. The minimum atomic E-state index is -0.896. The van der Waals surface area contributed by atoms with E-state index >= 15 is 0 Å². The Hall–Kier alpha value is -2.06. The molecule has 0 saturated carbocycles. The SMILES string of the molecule is O=C(O)CSc1nnc(CN2CCN(c3ccccc3)CC2)o1. The molecule has 2 heterocycles. The fraction of sp³-hybridized carbons (Fsp3) is 0.400. The Balaban J connectivity index is 1.48. The Morgan fingerprint density at radius 3 is 2.61 bits per heavy atom. The normalized spacial score (nSPS) is 15.7. The predicted octanol–water partition coefficient (Wildman–Crippen LogP) is 1.57. The average Bonchev–Trinajstić information content (AvgIpc) is 3.02. The van der Waals surface area contributed by atoms with Crippen LogP contribution >= 0.6 is 11.8 Å². The molecule has 1 aliphatic heterocycles. The lowest BCUT2D eigenvalue weighted by atomic mass is 10.2. The lowest BCUT2D eigenvalue weighted by Gasteiger charge is -2.35. The van der Waals surface area contributed by atoms with Crippen LogP contribution in [0.1, 0.15) is 5.89 Å². The van der Waals surface area contributed by atoms with Crippen LogP contribution in [0.4, 0.5) is 5.69 Å². The second-order valence-electron chi connectivity index (χ2n) is 5.24. The van der Waals surface area contributed by atoms with Gasteiger partial charge in [0.15, 0.2) is 0 Å². The van der Waals surface area contributed by atoms with Crippen LogP contribution in [0, 0.1) is 0 Å². The first-order valence-electron chi connectivity index (χ1n) is 7.40. The van der Waals surface area contributed by atoms with Crippen molar-refractivity contribution in [3.05, 3.63) is 36.2 Å². The summed E-state index contributed by atoms with van der Waals surface area (Å²) >= 11 is 1.04. The molecule has 1 aliphatic rings. The van der Waals surface area contributed by atoms with Crippen LogP contribution in [-0.4, -0.2) is 58.1 Å². The van der Waals surface area contributed by atoms with Crippen molar-refractivity contribution in [1.29, 1.82) is 0 Å². The van der Waals surface area contributed by atoms with E-state index in [-0.39, 0.29) is 5.75 Å². The van der Waals surface area contributed by atoms with Crippen molar-refractivity contribution in [1.82, 2.24) is 15.1 Å². The van der Waals surface area contributed by atoms with Crippen LogP contribution in [0.3, 0.4) is 0 Å². The summed E-state index contributed by atoms with van der Waals surface area (Å²) in [5.74, 6) is -0.435. The van der Waals surface area contributed by atoms with Crippen LogP contribution in [0.15, 0.2) is 40.0 Å². The first-order valence-corrected chi connectivity index (χ1v) is 8.38. The highest BCUT2D eigenvalue weighted by Crippen LogP contribution is 2.19. The van der Waals surface area contributed by atoms with Crippen molar-refractivity contribution in [2.45, 2.75) is 11.8 Å². The summed E-state index contributed by atoms with van der Waals surface area (Å²) in [6.07, 6.45) is 0. The molecule has 2 aromatic rings. The zero-order valence-electron chi connectivity index (χ0n) is 12.6. The summed E-state index contributed by atoms with van der Waals surface area (Å²) in [5.41, 5.74) is 1.25. The molecule has 0 bridgehead atoms. The maximum absolute atomic E-state index is 10.5. The van der Waals surface area contributed by atoms with Crippen molar-refractivity contribution in [2.75, 3.05) is 36.8 Å². The molecule has 3 rings (SSSR count). The molecule has 23 heavy (non-hydrogen) atoms. The number of hydrogen-bond donors (Lipinski definition) is 1. The van der Waals surface area contributed by atoms with Gasteiger partial charge in [-0.2, -0.15) is 0 Å². The van der Waals surface area contributed by atoms with E-state index in [2.05, 4.69) is 44.3 Å². The lowest BCUT2D eigenvalue weighted by Crippen LogP contribution is -2.46. The molecule has 0 spiro atoms. The average molecular weight is 334 g/mol. The third-order valence-corrected chi connectivity index (χ3v) is 4.42. The molecule has 7 nitrogen and oxygen atoms in total. The van der Waals surface area contributed by atoms with E-state index in [4.69, 9.17) is 9.52 Å². The summed E-state index contributed by atoms with van der Waals surface area (Å²) in [6.45, 7) is 4.37. The van der Waals surface area contributed by atoms with E-state index in [1.54, 1.807) is 0 Å². The third kappa shape index (κ3) is 4.46. The Morgan fingerprint density at radius 2 is 1.91 bits per heavy atom. The minimum Gasteiger partial charge on any atom is -0.481 e. The van der Waals surface area contributed by atoms with E-state index in [1.165, 1.54) is 5.69 Å². The van der Waals surface area contributed by atoms with E-state index in [0.717, 1.165) is 37.9 Å². The first-order chi connectivity index (χ1) is 11.2. The van der Waals surface area contributed by atoms with Gasteiger partial charge in [-0.05, 0) is 12.1 Å². The fourth-order valence-electron chi connectivity index (χ4n) is 2.48. The second-order valence-corrected chi connectivity index (χ2v) is 6.17. The van der Waals surface area contributed by atoms with E-state index in [9.17, 15) is 4.79 Å². The summed E-state index contributed by atoms with van der Waals surface area (Å²) < 4.78 is 5.47. The smallest absolute Gasteiger partial charge is 0.314 e. The first kappa shape index (κ1) is 15.8. The monoisotopic (exact) mass is 334 g/mol. The molecule has 0 aliphatic carbocycles. The van der Waals surface area contributed by atoms with Gasteiger partial charge >= 0.3 is 5.97 Å². The molecule has 1 N–H and O–H groups in total. The number of carboxylic acids is 1. The van der Waals surface area contributed by atoms with Crippen LogP contribution in [0.2, 0.25) is 0 Å². The highest BCUT2D eigenvalue weighted by atomic mass is 32.2. The van der Waals surface area contributed by atoms with Crippen molar-refractivity contribution in [3.8, 4) is 0 Å². The zero-order valence-corrected chi connectivity index (χ0v) is 13.4. The van der Waals surface area contributed by atoms with Crippen molar-refractivity contribution < 1.29 is 14.3 Å². The summed E-state index contributed by atoms with van der Waals surface area (Å²) in [4.78, 5) is 15.1. The van der Waals surface area contributed by atoms with Crippen LogP contribution in [0.5, 0.6) is 0 Å². The molecule has 0 radical (unpaired) electrons. The molecule has 1 fully saturated rings. The highest BCUT2D eigenvalue weighted by molar-refractivity contribution is 7.99. The molecule has 0 unspecified atom stereocenters. The van der Waals surface area contributed by atoms with Gasteiger partial charge in [-0.15, -0.1) is 10.2 Å². The van der Waals surface area contributed by atoms with Crippen LogP contribution in [-0.2, 0) is 11.3 Å². The second kappa shape index (κ2) is 7.47. The predicted molar refractivity (Wildman–Crippen MR) is 86.6 cm³/mol. The quantitative estimate of drug-likeness (QED) is 0.797. The highest BCUT2D eigenvalue weighted by Gasteiger charge is 2.19. The number of thioether (sulfide) groups is 1. The standard InChI is InChI=1S/C15H18N4O3S/c20-14(21)11-23-15-17-16-13(22-15)10-18-6-8-19(9-7-18)12-4-2-1-3-5-12/h1-5H,6-11H2,(H,20,21). The zero-order chi connectivity index (χ0) is 16.1. The number of carboxylic acid groups (broad SMARTS) is 1. The topological polar surface area (TPSA) is 82.7 Å². The molecule has 1 aromatic carbocycles. The van der Waals surface area contributed by atoms with Gasteiger partial charge in [0.05, 0.1) is 6.54 Å². The van der Waals surface area contributed by atoms with Gasteiger partial charge in [0.1, 0.15) is 5.75 Å². The Bertz CT molecular complexity index is 641. The molecular formula is C15H18N4O3S. The number of para-hydroxylation sites is 1. The Labute approximate surface area is 138 Å². The van der Waals surface area contributed by atoms with Crippen LogP contribution in [0.25, 0.3) is 0 Å². The molecule has 122 valence electrons. The Morgan fingerprint density at radius 1 is 1.17 bits per heavy atom. The lowest BCUT2D eigenvalue weighted by molar-refractivity contribution is -0.133. The molecule has 8 heteroatoms. The number of aromatic nitrogens is 2. The largest absolute Gasteiger partial charge is 0.481 e. The number of piperazine rings is 1. The van der Waals surface area contributed by atoms with E-state index in [1.807, 2.05) is 6.07 Å². The summed E-state index contributed by atoms with van der Waals surface area (Å²) in [5, 5.41) is 16.8. The summed E-state index contributed by atoms with van der Waals surface area (Å²) in [7, 11) is 0. The van der Waals surface area contributed by atoms with Gasteiger partial charge in [0, 0.05) is 31.9 Å². The number of anilines is 1.